The van der Waals surface area contributed by atoms with Crippen LogP contribution in [0.15, 0.2) is 47.3 Å². The van der Waals surface area contributed by atoms with Gasteiger partial charge in [0.25, 0.3) is 11.5 Å². The van der Waals surface area contributed by atoms with Crippen molar-refractivity contribution in [2.45, 2.75) is 13.5 Å². The lowest BCUT2D eigenvalue weighted by Crippen LogP contribution is -2.25. The van der Waals surface area contributed by atoms with E-state index in [2.05, 4.69) is 20.6 Å². The molecule has 0 saturated carbocycles. The molecule has 4 rings (SSSR count). The Morgan fingerprint density at radius 3 is 2.77 bits per heavy atom. The average Bonchev–Trinajstić information content (AvgIpc) is 3.07. The van der Waals surface area contributed by atoms with Crippen molar-refractivity contribution in [3.63, 3.8) is 0 Å². The van der Waals surface area contributed by atoms with Gasteiger partial charge in [0.05, 0.1) is 11.0 Å². The van der Waals surface area contributed by atoms with Crippen LogP contribution in [-0.2, 0) is 6.54 Å². The molecule has 0 aliphatic carbocycles. The van der Waals surface area contributed by atoms with E-state index in [0.29, 0.717) is 22.6 Å². The molecule has 1 amide bonds. The number of nitrogens with zero attached hydrogens (tertiary/aromatic N) is 3. The van der Waals surface area contributed by atoms with E-state index in [9.17, 15) is 9.59 Å². The van der Waals surface area contributed by atoms with E-state index in [0.717, 1.165) is 11.1 Å². The maximum atomic E-state index is 12.5. The van der Waals surface area contributed by atoms with Gasteiger partial charge in [-0.1, -0.05) is 35.0 Å². The predicted octanol–water partition coefficient (Wildman–Crippen LogP) is 2.46. The largest absolute Gasteiger partial charge is 0.346 e. The Hall–Kier alpha value is -3.19. The van der Waals surface area contributed by atoms with Gasteiger partial charge >= 0.3 is 0 Å². The van der Waals surface area contributed by atoms with Crippen LogP contribution >= 0.6 is 11.6 Å². The van der Waals surface area contributed by atoms with Gasteiger partial charge in [0.15, 0.2) is 11.2 Å². The highest BCUT2D eigenvalue weighted by atomic mass is 35.5. The number of carbonyl (C=O) groups excluding carboxylic acids is 1. The molecule has 0 aliphatic heterocycles. The van der Waals surface area contributed by atoms with Gasteiger partial charge in [-0.05, 0) is 42.3 Å². The zero-order chi connectivity index (χ0) is 18.3. The molecule has 2 N–H and O–H groups in total. The third-order valence-corrected chi connectivity index (χ3v) is 4.35. The van der Waals surface area contributed by atoms with Gasteiger partial charge in [-0.2, -0.15) is 0 Å². The number of hydrogen-bond donors (Lipinski definition) is 2. The number of aromatic amines is 1. The zero-order valence-electron chi connectivity index (χ0n) is 13.8. The molecule has 4 aromatic rings. The van der Waals surface area contributed by atoms with Crippen LogP contribution in [-0.4, -0.2) is 25.7 Å². The van der Waals surface area contributed by atoms with Crippen LogP contribution in [0.1, 0.15) is 21.6 Å². The first-order valence-corrected chi connectivity index (χ1v) is 8.31. The number of amides is 1. The lowest BCUT2D eigenvalue weighted by atomic mass is 10.2. The van der Waals surface area contributed by atoms with Crippen LogP contribution in [0.25, 0.3) is 16.6 Å². The van der Waals surface area contributed by atoms with E-state index < -0.39 is 11.5 Å². The van der Waals surface area contributed by atoms with Crippen molar-refractivity contribution < 1.29 is 4.79 Å². The van der Waals surface area contributed by atoms with Crippen LogP contribution in [0.2, 0.25) is 5.02 Å². The van der Waals surface area contributed by atoms with Gasteiger partial charge in [0, 0.05) is 11.6 Å². The molecule has 2 heterocycles. The van der Waals surface area contributed by atoms with Crippen molar-refractivity contribution in [3.05, 3.63) is 74.7 Å². The molecule has 2 aromatic heterocycles. The summed E-state index contributed by atoms with van der Waals surface area (Å²) in [7, 11) is 0. The Balaban J connectivity index is 1.70. The number of aryl methyl sites for hydroxylation is 1. The molecule has 130 valence electrons. The fraction of sp³-hybridized carbons (Fsp3) is 0.111. The Morgan fingerprint density at radius 1 is 1.23 bits per heavy atom. The normalized spacial score (nSPS) is 11.2. The van der Waals surface area contributed by atoms with E-state index >= 15 is 0 Å². The number of halogens is 1. The molecule has 0 bridgehead atoms. The molecule has 26 heavy (non-hydrogen) atoms. The average molecular weight is 368 g/mol. The molecule has 0 spiro atoms. The Kier molecular flexibility index (Phi) is 3.93. The van der Waals surface area contributed by atoms with Crippen molar-refractivity contribution in [3.8, 4) is 0 Å². The lowest BCUT2D eigenvalue weighted by Gasteiger charge is -2.04. The van der Waals surface area contributed by atoms with E-state index in [4.69, 9.17) is 11.6 Å². The third kappa shape index (κ3) is 2.82. The van der Waals surface area contributed by atoms with E-state index in [1.807, 2.05) is 37.3 Å². The second kappa shape index (κ2) is 6.27. The second-order valence-corrected chi connectivity index (χ2v) is 6.42. The molecule has 0 saturated heterocycles. The highest BCUT2D eigenvalue weighted by Gasteiger charge is 2.19. The smallest absolute Gasteiger partial charge is 0.277 e. The number of hydrogen-bond acceptors (Lipinski definition) is 4. The van der Waals surface area contributed by atoms with Crippen molar-refractivity contribution in [1.29, 1.82) is 0 Å². The highest BCUT2D eigenvalue weighted by Crippen LogP contribution is 2.15. The molecule has 0 unspecified atom stereocenters. The zero-order valence-corrected chi connectivity index (χ0v) is 14.5. The summed E-state index contributed by atoms with van der Waals surface area (Å²) in [5, 5.41) is 11.3. The number of fused-ring (bicyclic) bond motifs is 3. The van der Waals surface area contributed by atoms with E-state index in [-0.39, 0.29) is 11.2 Å². The highest BCUT2D eigenvalue weighted by molar-refractivity contribution is 6.30. The maximum Gasteiger partial charge on any atom is 0.277 e. The summed E-state index contributed by atoms with van der Waals surface area (Å²) in [4.78, 5) is 27.7. The van der Waals surface area contributed by atoms with Gasteiger partial charge in [-0.25, -0.2) is 4.52 Å². The number of nitrogens with one attached hydrogen (secondary N) is 2. The summed E-state index contributed by atoms with van der Waals surface area (Å²) in [5.41, 5.74) is 2.90. The van der Waals surface area contributed by atoms with Crippen molar-refractivity contribution >= 4 is 34.1 Å². The molecular formula is C18H14ClN5O2. The summed E-state index contributed by atoms with van der Waals surface area (Å²) in [5.74, 6) is -0.466. The number of benzene rings is 2. The fourth-order valence-electron chi connectivity index (χ4n) is 2.79. The molecule has 0 atom stereocenters. The lowest BCUT2D eigenvalue weighted by molar-refractivity contribution is 0.0947. The van der Waals surface area contributed by atoms with Gasteiger partial charge in [0.1, 0.15) is 0 Å². The number of aromatic nitrogens is 4. The maximum absolute atomic E-state index is 12.5. The summed E-state index contributed by atoms with van der Waals surface area (Å²) in [6, 6.07) is 12.7. The summed E-state index contributed by atoms with van der Waals surface area (Å²) >= 11 is 5.85. The number of rotatable bonds is 3. The number of carbonyl (C=O) groups is 1. The second-order valence-electron chi connectivity index (χ2n) is 5.98. The van der Waals surface area contributed by atoms with Crippen molar-refractivity contribution in [2.24, 2.45) is 0 Å². The molecule has 7 nitrogen and oxygen atoms in total. The fourth-order valence-corrected chi connectivity index (χ4v) is 2.92. The van der Waals surface area contributed by atoms with Crippen LogP contribution < -0.4 is 10.9 Å². The summed E-state index contributed by atoms with van der Waals surface area (Å²) < 4.78 is 1.39. The Morgan fingerprint density at radius 2 is 2.00 bits per heavy atom. The first kappa shape index (κ1) is 16.3. The van der Waals surface area contributed by atoms with Crippen molar-refractivity contribution in [2.75, 3.05) is 0 Å². The summed E-state index contributed by atoms with van der Waals surface area (Å²) in [6.07, 6.45) is 0. The van der Waals surface area contributed by atoms with E-state index in [1.165, 1.54) is 4.52 Å². The third-order valence-electron chi connectivity index (χ3n) is 4.10. The quantitative estimate of drug-likeness (QED) is 0.581. The Labute approximate surface area is 152 Å². The summed E-state index contributed by atoms with van der Waals surface area (Å²) in [6.45, 7) is 2.22. The Bertz CT molecular complexity index is 1190. The molecule has 0 radical (unpaired) electrons. The van der Waals surface area contributed by atoms with Gasteiger partial charge in [0.2, 0.25) is 0 Å². The number of H-pyrrole nitrogens is 1. The first-order valence-electron chi connectivity index (χ1n) is 7.93. The molecular weight excluding hydrogens is 354 g/mol. The molecule has 0 aliphatic rings. The van der Waals surface area contributed by atoms with Crippen LogP contribution in [0.3, 0.4) is 0 Å². The molecule has 0 fully saturated rings. The van der Waals surface area contributed by atoms with Gasteiger partial charge in [-0.15, -0.1) is 5.10 Å². The van der Waals surface area contributed by atoms with Crippen LogP contribution in [0.5, 0.6) is 0 Å². The minimum atomic E-state index is -0.466. The van der Waals surface area contributed by atoms with Gasteiger partial charge < -0.3 is 10.3 Å². The monoisotopic (exact) mass is 367 g/mol. The predicted molar refractivity (Wildman–Crippen MR) is 98.5 cm³/mol. The SMILES string of the molecule is Cc1ccc2c(c1)[nH]c(=O)c1c(C(=O)NCc3ccc(Cl)cc3)nnn12. The molecule has 2 aromatic carbocycles. The standard InChI is InChI=1S/C18H14ClN5O2/c1-10-2-7-14-13(8-10)21-18(26)16-15(22-23-24(14)16)17(25)20-9-11-3-5-12(19)6-4-11/h2-8H,9H2,1H3,(H,20,25)(H,21,26). The minimum absolute atomic E-state index is 0.0114. The van der Waals surface area contributed by atoms with Gasteiger partial charge in [-0.3, -0.25) is 9.59 Å². The first-order chi connectivity index (χ1) is 12.5. The topological polar surface area (TPSA) is 92.1 Å². The van der Waals surface area contributed by atoms with Crippen LogP contribution in [0, 0.1) is 6.92 Å². The van der Waals surface area contributed by atoms with Crippen LogP contribution in [0.4, 0.5) is 0 Å². The minimum Gasteiger partial charge on any atom is -0.346 e. The van der Waals surface area contributed by atoms with Crippen molar-refractivity contribution in [1.82, 2.24) is 25.1 Å². The molecule has 8 heteroatoms. The van der Waals surface area contributed by atoms with E-state index in [1.54, 1.807) is 12.1 Å².